The molecule has 1 aliphatic heterocycles. The van der Waals surface area contributed by atoms with Crippen LogP contribution in [-0.2, 0) is 0 Å². The Bertz CT molecular complexity index is 1260. The van der Waals surface area contributed by atoms with Gasteiger partial charge in [0.25, 0.3) is 5.91 Å². The van der Waals surface area contributed by atoms with Crippen molar-refractivity contribution < 1.29 is 13.9 Å². The van der Waals surface area contributed by atoms with E-state index in [-0.39, 0.29) is 5.56 Å². The Balaban J connectivity index is 1.41. The van der Waals surface area contributed by atoms with E-state index in [1.807, 2.05) is 32.9 Å². The van der Waals surface area contributed by atoms with Gasteiger partial charge in [-0.2, -0.15) is 0 Å². The first-order chi connectivity index (χ1) is 18.5. The van der Waals surface area contributed by atoms with Crippen LogP contribution in [0, 0.1) is 19.7 Å². The molecule has 0 saturated carbocycles. The fraction of sp³-hybridized carbons (Fsp3) is 0.385. The van der Waals surface area contributed by atoms with Crippen LogP contribution in [0.1, 0.15) is 47.7 Å². The number of nitrogens with zero attached hydrogens (tertiary/aromatic N) is 4. The van der Waals surface area contributed by atoms with Crippen molar-refractivity contribution >= 4 is 28.2 Å². The van der Waals surface area contributed by atoms with Gasteiger partial charge in [0.1, 0.15) is 29.0 Å². The Morgan fingerprint density at radius 1 is 1.16 bits per heavy atom. The number of hydrogen-bond acceptors (Lipinski definition) is 10. The van der Waals surface area contributed by atoms with E-state index in [2.05, 4.69) is 37.1 Å². The second-order valence-electron chi connectivity index (χ2n) is 8.89. The van der Waals surface area contributed by atoms with E-state index in [1.54, 1.807) is 12.1 Å². The molecule has 0 atom stereocenters. The van der Waals surface area contributed by atoms with Crippen molar-refractivity contribution in [3.05, 3.63) is 58.9 Å². The first kappa shape index (κ1) is 27.4. The van der Waals surface area contributed by atoms with Crippen LogP contribution >= 0.6 is 11.3 Å². The van der Waals surface area contributed by atoms with Crippen LogP contribution in [0.25, 0.3) is 10.6 Å². The molecule has 0 fully saturated rings. The summed E-state index contributed by atoms with van der Waals surface area (Å²) in [5, 5.41) is 17.2. The number of anilines is 1. The molecule has 0 saturated heterocycles. The molecule has 12 heteroatoms. The number of benzene rings is 2. The molecule has 202 valence electrons. The number of halogens is 1. The average Bonchev–Trinajstić information content (AvgIpc) is 3.60. The summed E-state index contributed by atoms with van der Waals surface area (Å²) in [5.74, 6) is 0.737. The lowest BCUT2D eigenvalue weighted by Crippen LogP contribution is -2.36. The number of hydrazine groups is 2. The van der Waals surface area contributed by atoms with E-state index in [9.17, 15) is 9.18 Å². The number of amides is 1. The molecule has 0 unspecified atom stereocenters. The maximum absolute atomic E-state index is 14.3. The SMILES string of the molecule is CCCCN(C(=O)c1ccccc1F)c1nnc(-c2cc(C)c(OCCNCCC3=NNNN3)c(C)c2)s1. The quantitative estimate of drug-likeness (QED) is 0.243. The predicted molar refractivity (Wildman–Crippen MR) is 148 cm³/mol. The van der Waals surface area contributed by atoms with Gasteiger partial charge in [0.2, 0.25) is 5.13 Å². The number of aryl methyl sites for hydroxylation is 2. The highest BCUT2D eigenvalue weighted by molar-refractivity contribution is 7.18. The molecular weight excluding hydrogens is 507 g/mol. The highest BCUT2D eigenvalue weighted by atomic mass is 32.1. The second kappa shape index (κ2) is 13.3. The van der Waals surface area contributed by atoms with Gasteiger partial charge in [0, 0.05) is 31.6 Å². The molecule has 10 nitrogen and oxygen atoms in total. The Morgan fingerprint density at radius 2 is 1.95 bits per heavy atom. The number of hydrogen-bond donors (Lipinski definition) is 4. The molecule has 0 radical (unpaired) electrons. The first-order valence-electron chi connectivity index (χ1n) is 12.7. The van der Waals surface area contributed by atoms with Crippen LogP contribution in [0.2, 0.25) is 0 Å². The van der Waals surface area contributed by atoms with E-state index >= 15 is 0 Å². The number of carbonyl (C=O) groups excluding carboxylic acids is 1. The number of rotatable bonds is 13. The van der Waals surface area contributed by atoms with Gasteiger partial charge in [-0.1, -0.05) is 36.8 Å². The van der Waals surface area contributed by atoms with Crippen molar-refractivity contribution in [3.8, 4) is 16.3 Å². The number of amidine groups is 1. The molecule has 4 rings (SSSR count). The van der Waals surface area contributed by atoms with Gasteiger partial charge in [0.05, 0.1) is 5.56 Å². The Hall–Kier alpha value is -3.61. The summed E-state index contributed by atoms with van der Waals surface area (Å²) in [6.07, 6.45) is 2.44. The molecule has 2 heterocycles. The van der Waals surface area contributed by atoms with Gasteiger partial charge in [-0.15, -0.1) is 20.8 Å². The van der Waals surface area contributed by atoms with Crippen molar-refractivity contribution in [2.24, 2.45) is 5.10 Å². The standard InChI is InChI=1S/C26H33FN8O2S/c1-4-5-13-35(25(36)20-8-6-7-9-21(20)27)26-32-31-24(38-26)19-15-17(2)23(18(3)16-19)37-14-12-28-11-10-22-29-33-34-30-22/h6-9,15-16,28,33-34H,4-5,10-14H2,1-3H3,(H,29,30). The zero-order chi connectivity index (χ0) is 26.9. The molecule has 0 bridgehead atoms. The minimum Gasteiger partial charge on any atom is -0.492 e. The van der Waals surface area contributed by atoms with E-state index in [0.717, 1.165) is 54.1 Å². The summed E-state index contributed by atoms with van der Waals surface area (Å²) in [4.78, 5) is 14.7. The van der Waals surface area contributed by atoms with Gasteiger partial charge in [-0.25, -0.2) is 9.93 Å². The minimum absolute atomic E-state index is 0.0287. The van der Waals surface area contributed by atoms with Crippen molar-refractivity contribution in [3.63, 3.8) is 0 Å². The number of hydrazone groups is 1. The highest BCUT2D eigenvalue weighted by Gasteiger charge is 2.24. The smallest absolute Gasteiger partial charge is 0.263 e. The van der Waals surface area contributed by atoms with Gasteiger partial charge in [0.15, 0.2) is 0 Å². The average molecular weight is 541 g/mol. The zero-order valence-electron chi connectivity index (χ0n) is 21.8. The van der Waals surface area contributed by atoms with E-state index in [1.165, 1.54) is 28.4 Å². The molecule has 0 spiro atoms. The molecule has 4 N–H and O–H groups in total. The molecule has 0 aliphatic carbocycles. The molecule has 2 aromatic carbocycles. The summed E-state index contributed by atoms with van der Waals surface area (Å²) in [5.41, 5.74) is 11.2. The maximum Gasteiger partial charge on any atom is 0.263 e. The maximum atomic E-state index is 14.3. The van der Waals surface area contributed by atoms with E-state index < -0.39 is 11.7 Å². The van der Waals surface area contributed by atoms with Crippen molar-refractivity contribution in [1.29, 1.82) is 0 Å². The normalized spacial score (nSPS) is 12.6. The van der Waals surface area contributed by atoms with Crippen LogP contribution in [0.4, 0.5) is 9.52 Å². The third-order valence-corrected chi connectivity index (χ3v) is 6.95. The molecule has 38 heavy (non-hydrogen) atoms. The summed E-state index contributed by atoms with van der Waals surface area (Å²) in [6, 6.07) is 10.0. The van der Waals surface area contributed by atoms with Gasteiger partial charge in [-0.3, -0.25) is 15.1 Å². The Morgan fingerprint density at radius 3 is 2.66 bits per heavy atom. The Kier molecular flexibility index (Phi) is 9.57. The zero-order valence-corrected chi connectivity index (χ0v) is 22.6. The summed E-state index contributed by atoms with van der Waals surface area (Å²) in [7, 11) is 0. The topological polar surface area (TPSA) is 116 Å². The highest BCUT2D eigenvalue weighted by Crippen LogP contribution is 2.34. The fourth-order valence-corrected chi connectivity index (χ4v) is 4.88. The number of aromatic nitrogens is 2. The van der Waals surface area contributed by atoms with Crippen LogP contribution in [0.5, 0.6) is 5.75 Å². The lowest BCUT2D eigenvalue weighted by atomic mass is 10.1. The van der Waals surface area contributed by atoms with Crippen molar-refractivity contribution in [2.45, 2.75) is 40.0 Å². The number of carbonyl (C=O) groups is 1. The van der Waals surface area contributed by atoms with Gasteiger partial charge >= 0.3 is 0 Å². The van der Waals surface area contributed by atoms with Crippen LogP contribution < -0.4 is 31.4 Å². The fourth-order valence-electron chi connectivity index (χ4n) is 4.02. The van der Waals surface area contributed by atoms with Gasteiger partial charge in [-0.05, 0) is 55.7 Å². The van der Waals surface area contributed by atoms with E-state index in [0.29, 0.717) is 29.8 Å². The van der Waals surface area contributed by atoms with E-state index in [4.69, 9.17) is 4.74 Å². The van der Waals surface area contributed by atoms with Crippen LogP contribution in [0.3, 0.4) is 0 Å². The molecular formula is C26H33FN8O2S. The Labute approximate surface area is 225 Å². The number of unbranched alkanes of at least 4 members (excludes halogenated alkanes) is 1. The molecule has 1 amide bonds. The van der Waals surface area contributed by atoms with Crippen LogP contribution in [0.15, 0.2) is 41.5 Å². The number of nitrogens with one attached hydrogen (secondary N) is 4. The van der Waals surface area contributed by atoms with Gasteiger partial charge < -0.3 is 10.1 Å². The van der Waals surface area contributed by atoms with Crippen LogP contribution in [-0.4, -0.2) is 48.2 Å². The minimum atomic E-state index is -0.546. The molecule has 3 aromatic rings. The predicted octanol–water partition coefficient (Wildman–Crippen LogP) is 3.69. The summed E-state index contributed by atoms with van der Waals surface area (Å²) < 4.78 is 20.4. The summed E-state index contributed by atoms with van der Waals surface area (Å²) in [6.45, 7) is 8.50. The lowest BCUT2D eigenvalue weighted by Gasteiger charge is -2.19. The third-order valence-electron chi connectivity index (χ3n) is 5.95. The molecule has 1 aromatic heterocycles. The monoisotopic (exact) mass is 540 g/mol. The largest absolute Gasteiger partial charge is 0.492 e. The van der Waals surface area contributed by atoms with Crippen molar-refractivity contribution in [2.75, 3.05) is 31.1 Å². The van der Waals surface area contributed by atoms with Crippen molar-refractivity contribution in [1.82, 2.24) is 32.0 Å². The summed E-state index contributed by atoms with van der Waals surface area (Å²) >= 11 is 1.32. The molecule has 1 aliphatic rings. The second-order valence-corrected chi connectivity index (χ2v) is 9.84. The lowest BCUT2D eigenvalue weighted by molar-refractivity contribution is 0.0982. The first-order valence-corrected chi connectivity index (χ1v) is 13.5. The third kappa shape index (κ3) is 6.82. The number of ether oxygens (including phenoxy) is 1.